The first-order valence-corrected chi connectivity index (χ1v) is 21.2. The van der Waals surface area contributed by atoms with Crippen molar-refractivity contribution in [3.8, 4) is 5.75 Å². The number of para-hydroxylation sites is 1. The Morgan fingerprint density at radius 1 is 0.966 bits per heavy atom. The highest BCUT2D eigenvalue weighted by Crippen LogP contribution is 2.69. The molecule has 5 aliphatic heterocycles. The van der Waals surface area contributed by atoms with Crippen LogP contribution < -0.4 is 9.64 Å². The third kappa shape index (κ3) is 5.00. The Morgan fingerprint density at radius 2 is 1.74 bits per heavy atom. The molecule has 1 aromatic heterocycles. The monoisotopic (exact) mass is 794 g/mol. The number of hydrogen-bond donors (Lipinski definition) is 2. The molecule has 1 unspecified atom stereocenters. The molecule has 6 aliphatic rings. The molecule has 1 aliphatic carbocycles. The van der Waals surface area contributed by atoms with E-state index < -0.39 is 45.9 Å². The zero-order chi connectivity index (χ0) is 40.9. The van der Waals surface area contributed by atoms with Gasteiger partial charge in [-0.1, -0.05) is 43.7 Å². The second-order valence-corrected chi connectivity index (χ2v) is 17.9. The van der Waals surface area contributed by atoms with Gasteiger partial charge in [-0.2, -0.15) is 0 Å². The van der Waals surface area contributed by atoms with Gasteiger partial charge < -0.3 is 33.9 Å². The van der Waals surface area contributed by atoms with Crippen molar-refractivity contribution in [2.24, 2.45) is 11.3 Å². The average molecular weight is 795 g/mol. The van der Waals surface area contributed by atoms with E-state index in [4.69, 9.17) is 18.9 Å². The number of rotatable bonds is 7. The van der Waals surface area contributed by atoms with Crippen LogP contribution in [0.3, 0.4) is 0 Å². The van der Waals surface area contributed by atoms with Crippen molar-refractivity contribution >= 4 is 34.5 Å². The number of fused-ring (bicyclic) bond motifs is 6. The number of carbonyl (C=O) groups excluding carboxylic acids is 3. The van der Waals surface area contributed by atoms with E-state index >= 15 is 4.79 Å². The normalized spacial score (nSPS) is 35.0. The fourth-order valence-corrected chi connectivity index (χ4v) is 13.5. The summed E-state index contributed by atoms with van der Waals surface area (Å²) in [6.45, 7) is 9.77. The Balaban J connectivity index is 1.37. The van der Waals surface area contributed by atoms with Crippen LogP contribution in [-0.4, -0.2) is 123 Å². The SMILES string of the molecule is CCC1=C[C@H]2CN(CCc3c([nH]c4ccccc34)[C@@](C(=O)OC)(c3cc4c(cc3OC)N(C)[C@H]3[C@@](O)(C(=O)OC)[C@H](OC(C)=O)[C@]5(CC)CCCN6CC[C@]43[C@@H]65)C2)C1. The molecule has 1 spiro atoms. The summed E-state index contributed by atoms with van der Waals surface area (Å²) in [5.41, 5.74) is 1.51. The van der Waals surface area contributed by atoms with Gasteiger partial charge in [0.05, 0.1) is 27.4 Å². The predicted molar refractivity (Wildman–Crippen MR) is 219 cm³/mol. The maximum atomic E-state index is 15.3. The van der Waals surface area contributed by atoms with Crippen LogP contribution in [0.15, 0.2) is 48.0 Å². The predicted octanol–water partition coefficient (Wildman–Crippen LogP) is 5.02. The number of nitrogens with one attached hydrogen (secondary N) is 1. The Labute approximate surface area is 340 Å². The smallest absolute Gasteiger partial charge is 0.344 e. The Kier molecular flexibility index (Phi) is 9.33. The number of aliphatic hydroxyl groups is 1. The van der Waals surface area contributed by atoms with E-state index in [0.717, 1.165) is 85.4 Å². The number of aromatic nitrogens is 1. The number of esters is 3. The first kappa shape index (κ1) is 39.1. The molecule has 3 fully saturated rings. The molecule has 2 aromatic carbocycles. The third-order valence-electron chi connectivity index (χ3n) is 15.5. The van der Waals surface area contributed by atoms with Gasteiger partial charge >= 0.3 is 17.9 Å². The number of piperidine rings is 1. The second-order valence-electron chi connectivity index (χ2n) is 17.9. The summed E-state index contributed by atoms with van der Waals surface area (Å²) >= 11 is 0. The van der Waals surface area contributed by atoms with Gasteiger partial charge in [-0.3, -0.25) is 19.4 Å². The topological polar surface area (TPSA) is 134 Å². The first-order chi connectivity index (χ1) is 27.9. The molecule has 2 N–H and O–H groups in total. The highest BCUT2D eigenvalue weighted by Gasteiger charge is 2.80. The lowest BCUT2D eigenvalue weighted by Gasteiger charge is -2.65. The summed E-state index contributed by atoms with van der Waals surface area (Å²) in [4.78, 5) is 53.5. The number of nitrogens with zero attached hydrogens (tertiary/aromatic N) is 3. The highest BCUT2D eigenvalue weighted by molar-refractivity contribution is 5.95. The Morgan fingerprint density at radius 3 is 2.45 bits per heavy atom. The third-order valence-corrected chi connectivity index (χ3v) is 15.5. The van der Waals surface area contributed by atoms with E-state index in [2.05, 4.69) is 52.9 Å². The Bertz CT molecular complexity index is 2220. The molecule has 3 aromatic rings. The lowest BCUT2D eigenvalue weighted by atomic mass is 9.46. The van der Waals surface area contributed by atoms with Crippen molar-refractivity contribution in [1.29, 1.82) is 0 Å². The molecule has 2 saturated heterocycles. The molecule has 2 bridgehead atoms. The minimum absolute atomic E-state index is 0.0309. The molecule has 0 amide bonds. The first-order valence-electron chi connectivity index (χ1n) is 21.2. The van der Waals surface area contributed by atoms with E-state index in [9.17, 15) is 14.7 Å². The van der Waals surface area contributed by atoms with Crippen LogP contribution in [0.5, 0.6) is 5.75 Å². The second kappa shape index (κ2) is 13.8. The molecule has 6 heterocycles. The van der Waals surface area contributed by atoms with Gasteiger partial charge in [-0.05, 0) is 87.2 Å². The van der Waals surface area contributed by atoms with E-state index in [-0.39, 0.29) is 17.9 Å². The van der Waals surface area contributed by atoms with Gasteiger partial charge in [0.1, 0.15) is 11.2 Å². The van der Waals surface area contributed by atoms with E-state index in [0.29, 0.717) is 37.0 Å². The van der Waals surface area contributed by atoms with Crippen molar-refractivity contribution in [3.05, 3.63) is 70.4 Å². The molecule has 58 heavy (non-hydrogen) atoms. The summed E-state index contributed by atoms with van der Waals surface area (Å²) in [7, 11) is 6.30. The minimum atomic E-state index is -2.23. The van der Waals surface area contributed by atoms with Crippen molar-refractivity contribution in [2.75, 3.05) is 66.0 Å². The van der Waals surface area contributed by atoms with Gasteiger partial charge in [0.15, 0.2) is 6.10 Å². The summed E-state index contributed by atoms with van der Waals surface area (Å²) in [5.74, 6) is -1.21. The van der Waals surface area contributed by atoms with Crippen molar-refractivity contribution in [1.82, 2.24) is 14.8 Å². The summed E-state index contributed by atoms with van der Waals surface area (Å²) in [6.07, 6.45) is 6.03. The van der Waals surface area contributed by atoms with Crippen LogP contribution in [0, 0.1) is 11.3 Å². The van der Waals surface area contributed by atoms with Crippen molar-refractivity contribution < 1.29 is 38.4 Å². The van der Waals surface area contributed by atoms with Crippen LogP contribution >= 0.6 is 0 Å². The van der Waals surface area contributed by atoms with E-state index in [1.807, 2.05) is 30.1 Å². The molecule has 12 heteroatoms. The minimum Gasteiger partial charge on any atom is -0.496 e. The highest BCUT2D eigenvalue weighted by atomic mass is 16.6. The zero-order valence-corrected chi connectivity index (χ0v) is 35.0. The maximum Gasteiger partial charge on any atom is 0.344 e. The lowest BCUT2D eigenvalue weighted by molar-refractivity contribution is -0.242. The summed E-state index contributed by atoms with van der Waals surface area (Å²) < 4.78 is 24.1. The molecular formula is C46H58N4O8. The number of ether oxygens (including phenoxy) is 4. The maximum absolute atomic E-state index is 15.3. The van der Waals surface area contributed by atoms with Crippen LogP contribution in [0.4, 0.5) is 5.69 Å². The molecule has 0 radical (unpaired) electrons. The molecule has 310 valence electrons. The summed E-state index contributed by atoms with van der Waals surface area (Å²) in [6, 6.07) is 11.4. The van der Waals surface area contributed by atoms with Crippen molar-refractivity contribution in [2.45, 2.75) is 100 Å². The molecule has 9 rings (SSSR count). The van der Waals surface area contributed by atoms with Gasteiger partial charge in [0.2, 0.25) is 5.60 Å². The molecule has 12 nitrogen and oxygen atoms in total. The van der Waals surface area contributed by atoms with Crippen molar-refractivity contribution in [3.63, 3.8) is 0 Å². The average Bonchev–Trinajstić information content (AvgIpc) is 3.89. The number of benzene rings is 2. The number of methoxy groups -OCH3 is 3. The van der Waals surface area contributed by atoms with Crippen LogP contribution in [0.25, 0.3) is 10.9 Å². The molecule has 1 saturated carbocycles. The zero-order valence-electron chi connectivity index (χ0n) is 35.0. The standard InChI is InChI=1S/C46H58N4O8/c1-8-28-21-29-24-45(41(52)56-6,37-31(15-19-49(25-28)26-29)30-13-10-11-14-34(30)47-37)33-22-32-35(23-36(33)55-5)48(4)39-44(32)17-20-50-18-12-16-43(9-2,38(44)50)40(58-27(3)51)46(39,54)42(53)57-7/h10-11,13-14,21-23,29,38-40,47,54H,8-9,12,15-20,24-26H2,1-7H3/t29-,38+,39-,40-,43-,44-,45+,46+/m1/s1. The number of carbonyl (C=O) groups is 3. The quantitative estimate of drug-likeness (QED) is 0.190. The van der Waals surface area contributed by atoms with E-state index in [1.54, 1.807) is 7.11 Å². The van der Waals surface area contributed by atoms with Gasteiger partial charge in [-0.15, -0.1) is 0 Å². The van der Waals surface area contributed by atoms with Crippen LogP contribution in [0.1, 0.15) is 81.7 Å². The van der Waals surface area contributed by atoms with Crippen LogP contribution in [-0.2, 0) is 45.8 Å². The number of aromatic amines is 1. The number of H-pyrrole nitrogens is 1. The largest absolute Gasteiger partial charge is 0.496 e. The fourth-order valence-electron chi connectivity index (χ4n) is 13.5. The van der Waals surface area contributed by atoms with Gasteiger partial charge in [0, 0.05) is 84.4 Å². The van der Waals surface area contributed by atoms with E-state index in [1.165, 1.54) is 26.7 Å². The Hall–Kier alpha value is -4.39. The van der Waals surface area contributed by atoms with Crippen LogP contribution in [0.2, 0.25) is 0 Å². The number of hydrogen-bond acceptors (Lipinski definition) is 11. The number of likely N-dealkylation sites (N-methyl/N-ethyl adjacent to an activating group) is 1. The lowest BCUT2D eigenvalue weighted by Crippen LogP contribution is -2.82. The van der Waals surface area contributed by atoms with Gasteiger partial charge in [0.25, 0.3) is 0 Å². The molecular weight excluding hydrogens is 737 g/mol. The fraction of sp³-hybridized carbons (Fsp3) is 0.587. The molecule has 9 atom stereocenters. The summed E-state index contributed by atoms with van der Waals surface area (Å²) in [5, 5.41) is 14.4. The van der Waals surface area contributed by atoms with Gasteiger partial charge in [-0.25, -0.2) is 4.79 Å². The number of anilines is 1.